The minimum atomic E-state index is -1.20. The van der Waals surface area contributed by atoms with Crippen LogP contribution in [0.2, 0.25) is 18.1 Å². The summed E-state index contributed by atoms with van der Waals surface area (Å²) in [5, 5.41) is 0. The second-order valence-electron chi connectivity index (χ2n) is 3.92. The number of hydrogen-bond donors (Lipinski definition) is 0. The lowest BCUT2D eigenvalue weighted by molar-refractivity contribution is 0.702. The molecule has 0 aromatic heterocycles. The second-order valence-corrected chi connectivity index (χ2v) is 10.7. The van der Waals surface area contributed by atoms with Crippen LogP contribution in [0.1, 0.15) is 60.3 Å². The van der Waals surface area contributed by atoms with Gasteiger partial charge >= 0.3 is 0 Å². The van der Waals surface area contributed by atoms with Crippen LogP contribution in [0, 0.1) is 0 Å². The predicted octanol–water partition coefficient (Wildman–Crippen LogP) is 5.82. The van der Waals surface area contributed by atoms with Crippen molar-refractivity contribution in [3.05, 3.63) is 0 Å². The van der Waals surface area contributed by atoms with Gasteiger partial charge in [-0.15, -0.1) is 0 Å². The Morgan fingerprint density at radius 1 is 0.714 bits per heavy atom. The zero-order valence-corrected chi connectivity index (χ0v) is 12.6. The van der Waals surface area contributed by atoms with E-state index in [9.17, 15) is 0 Å². The first-order valence-corrected chi connectivity index (χ1v) is 9.92. The molecular formula is C12H29ClSi. The van der Waals surface area contributed by atoms with Crippen LogP contribution in [0.4, 0.5) is 0 Å². The van der Waals surface area contributed by atoms with Crippen molar-refractivity contribution in [1.29, 1.82) is 0 Å². The van der Waals surface area contributed by atoms with E-state index in [2.05, 4.69) is 34.6 Å². The third-order valence-electron chi connectivity index (χ3n) is 2.86. The summed E-state index contributed by atoms with van der Waals surface area (Å²) in [6, 6.07) is 3.67. The lowest BCUT2D eigenvalue weighted by Gasteiger charge is -2.17. The Kier molecular flexibility index (Phi) is 14.0. The first-order chi connectivity index (χ1) is 6.60. The Labute approximate surface area is 97.1 Å². The Hall–Kier alpha value is 0.507. The summed E-state index contributed by atoms with van der Waals surface area (Å²) in [4.78, 5) is 0. The molecule has 0 aliphatic carbocycles. The molecule has 0 saturated heterocycles. The highest BCUT2D eigenvalue weighted by Gasteiger charge is 2.22. The van der Waals surface area contributed by atoms with Crippen molar-refractivity contribution in [3.63, 3.8) is 0 Å². The van der Waals surface area contributed by atoms with Gasteiger partial charge in [0, 0.05) is 0 Å². The topological polar surface area (TPSA) is 0 Å². The molecule has 0 nitrogen and oxygen atoms in total. The van der Waals surface area contributed by atoms with E-state index in [0.717, 1.165) is 0 Å². The van der Waals surface area contributed by atoms with Crippen LogP contribution in [-0.4, -0.2) is 7.38 Å². The molecule has 0 atom stereocenters. The molecule has 0 aliphatic heterocycles. The van der Waals surface area contributed by atoms with Crippen molar-refractivity contribution in [3.8, 4) is 0 Å². The van der Waals surface area contributed by atoms with Crippen LogP contribution < -0.4 is 0 Å². The van der Waals surface area contributed by atoms with Gasteiger partial charge in [0.05, 0.1) is 0 Å². The first-order valence-electron chi connectivity index (χ1n) is 6.29. The fourth-order valence-corrected chi connectivity index (χ4v) is 2.75. The van der Waals surface area contributed by atoms with Gasteiger partial charge in [0.1, 0.15) is 0 Å². The lowest BCUT2D eigenvalue weighted by Crippen LogP contribution is -2.22. The summed E-state index contributed by atoms with van der Waals surface area (Å²) in [5.41, 5.74) is 0. The van der Waals surface area contributed by atoms with Crippen LogP contribution >= 0.6 is 11.1 Å². The molecule has 0 spiro atoms. The van der Waals surface area contributed by atoms with E-state index in [1.807, 2.05) is 0 Å². The maximum Gasteiger partial charge on any atom is 0.155 e. The summed E-state index contributed by atoms with van der Waals surface area (Å²) >= 11 is 6.23. The van der Waals surface area contributed by atoms with Crippen LogP contribution in [0.15, 0.2) is 0 Å². The first kappa shape index (κ1) is 16.9. The van der Waals surface area contributed by atoms with E-state index in [1.165, 1.54) is 43.8 Å². The summed E-state index contributed by atoms with van der Waals surface area (Å²) < 4.78 is 0. The minimum absolute atomic E-state index is 1.20. The van der Waals surface area contributed by atoms with Gasteiger partial charge in [-0.3, -0.25) is 0 Å². The maximum absolute atomic E-state index is 6.23. The zero-order valence-electron chi connectivity index (χ0n) is 10.8. The average molecular weight is 237 g/mol. The summed E-state index contributed by atoms with van der Waals surface area (Å²) in [7, 11) is -1.20. The Bertz CT molecular complexity index is 88.2. The van der Waals surface area contributed by atoms with E-state index in [0.29, 0.717) is 0 Å². The van der Waals surface area contributed by atoms with Gasteiger partial charge in [-0.2, -0.15) is 11.1 Å². The highest BCUT2D eigenvalue weighted by molar-refractivity contribution is 7.20. The van der Waals surface area contributed by atoms with Crippen molar-refractivity contribution in [1.82, 2.24) is 0 Å². The van der Waals surface area contributed by atoms with Crippen molar-refractivity contribution < 1.29 is 0 Å². The number of rotatable bonds is 6. The molecule has 88 valence electrons. The molecule has 0 bridgehead atoms. The number of hydrogen-bond acceptors (Lipinski definition) is 0. The van der Waals surface area contributed by atoms with Crippen LogP contribution in [0.3, 0.4) is 0 Å². The van der Waals surface area contributed by atoms with Crippen LogP contribution in [-0.2, 0) is 0 Å². The fraction of sp³-hybridized carbons (Fsp3) is 1.00. The molecule has 0 aromatic rings. The average Bonchev–Trinajstić information content (AvgIpc) is 2.26. The van der Waals surface area contributed by atoms with E-state index in [-0.39, 0.29) is 0 Å². The highest BCUT2D eigenvalue weighted by Crippen LogP contribution is 2.23. The Balaban J connectivity index is 0. The standard InChI is InChI=1S/C6H15ClSi.C6H14/c1-4-8(7,5-2)6-3;1-3-5-6-4-2/h4-6H2,1-3H3;3-6H2,1-2H3. The SMILES string of the molecule is CCCCCC.CC[Si](Cl)(CC)CC. The van der Waals surface area contributed by atoms with Crippen molar-refractivity contribution >= 4 is 18.5 Å². The minimum Gasteiger partial charge on any atom is -0.167 e. The third-order valence-corrected chi connectivity index (χ3v) is 9.07. The highest BCUT2D eigenvalue weighted by atomic mass is 35.6. The van der Waals surface area contributed by atoms with E-state index in [4.69, 9.17) is 11.1 Å². The van der Waals surface area contributed by atoms with Crippen molar-refractivity contribution in [2.75, 3.05) is 0 Å². The summed E-state index contributed by atoms with van der Waals surface area (Å²) in [5.74, 6) is 0. The Morgan fingerprint density at radius 2 is 1.00 bits per heavy atom. The summed E-state index contributed by atoms with van der Waals surface area (Å²) in [6.07, 6.45) is 5.54. The quantitative estimate of drug-likeness (QED) is 0.310. The van der Waals surface area contributed by atoms with Gasteiger partial charge in [0.2, 0.25) is 0 Å². The van der Waals surface area contributed by atoms with Gasteiger partial charge in [-0.25, -0.2) is 0 Å². The van der Waals surface area contributed by atoms with Gasteiger partial charge in [0.25, 0.3) is 0 Å². The van der Waals surface area contributed by atoms with E-state index >= 15 is 0 Å². The lowest BCUT2D eigenvalue weighted by atomic mass is 10.2. The second kappa shape index (κ2) is 11.6. The van der Waals surface area contributed by atoms with Gasteiger partial charge in [-0.1, -0.05) is 60.3 Å². The van der Waals surface area contributed by atoms with E-state index < -0.39 is 7.38 Å². The maximum atomic E-state index is 6.23. The number of halogens is 1. The van der Waals surface area contributed by atoms with Gasteiger partial charge in [0.15, 0.2) is 7.38 Å². The summed E-state index contributed by atoms with van der Waals surface area (Å²) in [6.45, 7) is 11.1. The molecule has 0 aliphatic rings. The van der Waals surface area contributed by atoms with Gasteiger partial charge in [-0.05, 0) is 18.1 Å². The van der Waals surface area contributed by atoms with Crippen molar-refractivity contribution in [2.24, 2.45) is 0 Å². The largest absolute Gasteiger partial charge is 0.167 e. The monoisotopic (exact) mass is 236 g/mol. The molecule has 0 rings (SSSR count). The van der Waals surface area contributed by atoms with Crippen LogP contribution in [0.5, 0.6) is 0 Å². The smallest absolute Gasteiger partial charge is 0.155 e. The molecule has 0 amide bonds. The van der Waals surface area contributed by atoms with Crippen molar-refractivity contribution in [2.45, 2.75) is 78.4 Å². The molecule has 0 aromatic carbocycles. The van der Waals surface area contributed by atoms with Crippen LogP contribution in [0.25, 0.3) is 0 Å². The van der Waals surface area contributed by atoms with Gasteiger partial charge < -0.3 is 0 Å². The molecule has 0 saturated carbocycles. The molecular weight excluding hydrogens is 208 g/mol. The zero-order chi connectivity index (χ0) is 11.4. The molecule has 0 fully saturated rings. The molecule has 0 heterocycles. The third kappa shape index (κ3) is 10.6. The normalized spacial score (nSPS) is 10.7. The predicted molar refractivity (Wildman–Crippen MR) is 72.9 cm³/mol. The fourth-order valence-electron chi connectivity index (χ4n) is 1.25. The molecule has 0 N–H and O–H groups in total. The Morgan fingerprint density at radius 3 is 1.07 bits per heavy atom. The molecule has 2 heteroatoms. The van der Waals surface area contributed by atoms with E-state index in [1.54, 1.807) is 0 Å². The molecule has 0 radical (unpaired) electrons. The number of unbranched alkanes of at least 4 members (excludes halogenated alkanes) is 3. The molecule has 0 unspecified atom stereocenters. The molecule has 14 heavy (non-hydrogen) atoms.